The Bertz CT molecular complexity index is 1420. The summed E-state index contributed by atoms with van der Waals surface area (Å²) in [4.78, 5) is 1.68. The van der Waals surface area contributed by atoms with Crippen molar-refractivity contribution < 1.29 is 17.8 Å². The molecule has 3 aromatic carbocycles. The quantitative estimate of drug-likeness (QED) is 0.400. The molecule has 0 radical (unpaired) electrons. The zero-order valence-corrected chi connectivity index (χ0v) is 19.4. The van der Waals surface area contributed by atoms with E-state index in [1.54, 1.807) is 25.3 Å². The van der Waals surface area contributed by atoms with Gasteiger partial charge in [0.25, 0.3) is 0 Å². The molecular formula is C22H18ClN3O4S2. The highest BCUT2D eigenvalue weighted by Gasteiger charge is 2.31. The molecule has 0 atom stereocenters. The van der Waals surface area contributed by atoms with Crippen LogP contribution in [0.15, 0.2) is 73.9 Å². The zero-order chi connectivity index (χ0) is 22.3. The molecule has 1 aromatic heterocycles. The zero-order valence-electron chi connectivity index (χ0n) is 17.0. The highest BCUT2D eigenvalue weighted by Crippen LogP contribution is 2.39. The van der Waals surface area contributed by atoms with E-state index in [2.05, 4.69) is 10.3 Å². The van der Waals surface area contributed by atoms with Crippen molar-refractivity contribution >= 4 is 44.4 Å². The molecule has 0 bridgehead atoms. The van der Waals surface area contributed by atoms with Gasteiger partial charge in [-0.3, -0.25) is 0 Å². The van der Waals surface area contributed by atoms with E-state index in [0.717, 1.165) is 20.9 Å². The number of nitrogens with zero attached hydrogens (tertiary/aromatic N) is 3. The van der Waals surface area contributed by atoms with E-state index < -0.39 is 10.0 Å². The van der Waals surface area contributed by atoms with Crippen molar-refractivity contribution in [3.63, 3.8) is 0 Å². The Kier molecular flexibility index (Phi) is 5.58. The van der Waals surface area contributed by atoms with Crippen LogP contribution in [-0.2, 0) is 23.0 Å². The summed E-state index contributed by atoms with van der Waals surface area (Å²) in [6.45, 7) is 0.638. The average Bonchev–Trinajstić information content (AvgIpc) is 3.29. The molecule has 7 nitrogen and oxygen atoms in total. The molecular weight excluding hydrogens is 470 g/mol. The molecule has 0 aliphatic carbocycles. The molecule has 0 spiro atoms. The Balaban J connectivity index is 1.51. The maximum Gasteiger partial charge on any atom is 0.245 e. The Morgan fingerprint density at radius 1 is 1.03 bits per heavy atom. The summed E-state index contributed by atoms with van der Waals surface area (Å²) < 4.78 is 38.8. The minimum Gasteiger partial charge on any atom is -0.496 e. The van der Waals surface area contributed by atoms with Crippen LogP contribution in [0.1, 0.15) is 11.1 Å². The number of fused-ring (bicyclic) bond motifs is 2. The third-order valence-corrected chi connectivity index (χ3v) is 8.61. The molecule has 0 saturated heterocycles. The van der Waals surface area contributed by atoms with Crippen LogP contribution in [0.3, 0.4) is 0 Å². The largest absolute Gasteiger partial charge is 0.496 e. The van der Waals surface area contributed by atoms with Crippen molar-refractivity contribution in [1.29, 1.82) is 0 Å². The lowest BCUT2D eigenvalue weighted by atomic mass is 10.0. The predicted molar refractivity (Wildman–Crippen MR) is 122 cm³/mol. The van der Waals surface area contributed by atoms with Gasteiger partial charge in [-0.2, -0.15) is 4.31 Å². The van der Waals surface area contributed by atoms with Crippen LogP contribution < -0.4 is 4.74 Å². The number of halogens is 1. The van der Waals surface area contributed by atoms with Gasteiger partial charge in [0.2, 0.25) is 10.0 Å². The minimum atomic E-state index is -3.81. The van der Waals surface area contributed by atoms with Crippen molar-refractivity contribution in [2.75, 3.05) is 13.7 Å². The van der Waals surface area contributed by atoms with Gasteiger partial charge >= 0.3 is 0 Å². The van der Waals surface area contributed by atoms with Gasteiger partial charge in [0.1, 0.15) is 10.6 Å². The summed E-state index contributed by atoms with van der Waals surface area (Å²) in [5.74, 6) is 0.714. The van der Waals surface area contributed by atoms with Crippen LogP contribution in [0.4, 0.5) is 0 Å². The number of para-hydroxylation sites is 1. The van der Waals surface area contributed by atoms with Crippen LogP contribution in [0.5, 0.6) is 5.75 Å². The van der Waals surface area contributed by atoms with Crippen molar-refractivity contribution in [3.05, 3.63) is 70.7 Å². The topological polar surface area (TPSA) is 85.5 Å². The van der Waals surface area contributed by atoms with Gasteiger partial charge in [-0.05, 0) is 64.3 Å². The number of benzene rings is 3. The number of rotatable bonds is 5. The van der Waals surface area contributed by atoms with Crippen LogP contribution in [0.25, 0.3) is 11.0 Å². The molecule has 2 heterocycles. The van der Waals surface area contributed by atoms with Crippen molar-refractivity contribution in [3.8, 4) is 5.75 Å². The normalized spacial score (nSPS) is 14.4. The van der Waals surface area contributed by atoms with Gasteiger partial charge in [0, 0.05) is 23.0 Å². The van der Waals surface area contributed by atoms with Gasteiger partial charge < -0.3 is 4.74 Å². The second-order valence-corrected chi connectivity index (χ2v) is 10.7. The van der Waals surface area contributed by atoms with Crippen molar-refractivity contribution in [2.24, 2.45) is 0 Å². The first-order chi connectivity index (χ1) is 15.5. The van der Waals surface area contributed by atoms with Crippen LogP contribution in [0, 0.1) is 0 Å². The van der Waals surface area contributed by atoms with E-state index in [1.165, 1.54) is 16.1 Å². The van der Waals surface area contributed by atoms with Crippen LogP contribution >= 0.6 is 23.4 Å². The number of aromatic nitrogens is 2. The summed E-state index contributed by atoms with van der Waals surface area (Å²) in [6, 6.07) is 16.4. The first kappa shape index (κ1) is 21.3. The average molecular weight is 488 g/mol. The van der Waals surface area contributed by atoms with Gasteiger partial charge in [-0.15, -0.1) is 0 Å². The monoisotopic (exact) mass is 487 g/mol. The highest BCUT2D eigenvalue weighted by molar-refractivity contribution is 7.99. The molecule has 10 heteroatoms. The fraction of sp³-hybridized carbons (Fsp3) is 0.182. The minimum absolute atomic E-state index is 0.0792. The van der Waals surface area contributed by atoms with E-state index in [9.17, 15) is 8.42 Å². The van der Waals surface area contributed by atoms with Crippen molar-refractivity contribution in [1.82, 2.24) is 14.6 Å². The smallest absolute Gasteiger partial charge is 0.245 e. The summed E-state index contributed by atoms with van der Waals surface area (Å²) in [5, 5.41) is 8.57. The molecule has 32 heavy (non-hydrogen) atoms. The maximum atomic E-state index is 13.5. The maximum absolute atomic E-state index is 13.5. The third-order valence-electron chi connectivity index (χ3n) is 5.39. The van der Waals surface area contributed by atoms with Crippen molar-refractivity contribution in [2.45, 2.75) is 27.7 Å². The number of sulfonamides is 1. The molecule has 0 fully saturated rings. The molecule has 1 aliphatic heterocycles. The van der Waals surface area contributed by atoms with E-state index in [1.807, 2.05) is 36.4 Å². The highest BCUT2D eigenvalue weighted by atomic mass is 35.5. The first-order valence-corrected chi connectivity index (χ1v) is 12.4. The van der Waals surface area contributed by atoms with Gasteiger partial charge in [-0.1, -0.05) is 41.6 Å². The predicted octanol–water partition coefficient (Wildman–Crippen LogP) is 4.78. The fourth-order valence-electron chi connectivity index (χ4n) is 3.77. The standard InChI is InChI=1S/C22H18ClN3O4S2/c1-29-17-4-2-3-5-18(17)31-19-8-9-20(22-21(19)24-30-25-22)32(27,28)26-11-10-14-12-16(23)7-6-15(14)13-26/h2-9,12H,10-11,13H2,1H3. The Morgan fingerprint density at radius 2 is 1.84 bits per heavy atom. The molecule has 5 rings (SSSR count). The van der Waals surface area contributed by atoms with Crippen LogP contribution in [0.2, 0.25) is 5.02 Å². The Morgan fingerprint density at radius 3 is 2.69 bits per heavy atom. The number of hydrogen-bond donors (Lipinski definition) is 0. The van der Waals surface area contributed by atoms with E-state index >= 15 is 0 Å². The van der Waals surface area contributed by atoms with E-state index in [0.29, 0.717) is 29.3 Å². The second-order valence-electron chi connectivity index (χ2n) is 7.28. The van der Waals surface area contributed by atoms with Gasteiger partial charge in [0.15, 0.2) is 11.0 Å². The number of methoxy groups -OCH3 is 1. The molecule has 0 amide bonds. The molecule has 0 N–H and O–H groups in total. The van der Waals surface area contributed by atoms with Crippen LogP contribution in [-0.4, -0.2) is 36.7 Å². The van der Waals surface area contributed by atoms with Gasteiger partial charge in [-0.25, -0.2) is 13.0 Å². The lowest BCUT2D eigenvalue weighted by molar-refractivity contribution is 0.314. The SMILES string of the molecule is COc1ccccc1Sc1ccc(S(=O)(=O)N2CCc3cc(Cl)ccc3C2)c2nonc12. The summed E-state index contributed by atoms with van der Waals surface area (Å²) >= 11 is 7.49. The van der Waals surface area contributed by atoms with E-state index in [-0.39, 0.29) is 17.0 Å². The Labute approximate surface area is 194 Å². The number of ether oxygens (including phenoxy) is 1. The molecule has 164 valence electrons. The molecule has 4 aromatic rings. The van der Waals surface area contributed by atoms with E-state index in [4.69, 9.17) is 21.0 Å². The van der Waals surface area contributed by atoms with Gasteiger partial charge in [0.05, 0.1) is 12.0 Å². The number of hydrogen-bond acceptors (Lipinski definition) is 7. The Hall–Kier alpha value is -2.59. The first-order valence-electron chi connectivity index (χ1n) is 9.81. The lowest BCUT2D eigenvalue weighted by Gasteiger charge is -2.28. The second kappa shape index (κ2) is 8.40. The summed E-state index contributed by atoms with van der Waals surface area (Å²) in [5.41, 5.74) is 2.63. The molecule has 0 unspecified atom stereocenters. The molecule has 0 saturated carbocycles. The lowest BCUT2D eigenvalue weighted by Crippen LogP contribution is -2.36. The third kappa shape index (κ3) is 3.75. The fourth-order valence-corrected chi connectivity index (χ4v) is 6.51. The molecule has 1 aliphatic rings. The summed E-state index contributed by atoms with van der Waals surface area (Å²) in [7, 11) is -2.21. The summed E-state index contributed by atoms with van der Waals surface area (Å²) in [6.07, 6.45) is 0.594.